The van der Waals surface area contributed by atoms with Gasteiger partial charge in [-0.25, -0.2) is 0 Å². The number of carboxylic acids is 1. The molecule has 3 aliphatic carbocycles. The molecule has 3 unspecified atom stereocenters. The molecule has 222 valence electrons. The molecule has 0 heterocycles. The summed E-state index contributed by atoms with van der Waals surface area (Å²) in [6.45, 7) is 2.96. The highest BCUT2D eigenvalue weighted by Crippen LogP contribution is 2.63. The van der Waals surface area contributed by atoms with Crippen LogP contribution in [0.1, 0.15) is 48.4 Å². The van der Waals surface area contributed by atoms with Crippen molar-refractivity contribution >= 4 is 11.9 Å². The van der Waals surface area contributed by atoms with E-state index in [9.17, 15) is 14.7 Å². The second-order valence-corrected chi connectivity index (χ2v) is 11.6. The van der Waals surface area contributed by atoms with Gasteiger partial charge in [0.1, 0.15) is 24.7 Å². The van der Waals surface area contributed by atoms with E-state index < -0.39 is 29.2 Å². The average Bonchev–Trinajstić information content (AvgIpc) is 3.52. The third-order valence-electron chi connectivity index (χ3n) is 9.15. The van der Waals surface area contributed by atoms with E-state index in [1.54, 1.807) is 0 Å². The second-order valence-electron chi connectivity index (χ2n) is 11.6. The summed E-state index contributed by atoms with van der Waals surface area (Å²) in [6.07, 6.45) is 5.30. The maximum atomic E-state index is 12.7. The van der Waals surface area contributed by atoms with Crippen molar-refractivity contribution in [3.63, 3.8) is 0 Å². The van der Waals surface area contributed by atoms with Crippen LogP contribution in [0.15, 0.2) is 97.1 Å². The maximum absolute atomic E-state index is 12.7. The van der Waals surface area contributed by atoms with Crippen LogP contribution in [0.3, 0.4) is 0 Å². The van der Waals surface area contributed by atoms with E-state index in [0.717, 1.165) is 23.3 Å². The number of fused-ring (bicyclic) bond motifs is 10. The molecule has 1 N–H and O–H groups in total. The highest BCUT2D eigenvalue weighted by atomic mass is 16.6. The van der Waals surface area contributed by atoms with Crippen molar-refractivity contribution in [1.29, 1.82) is 0 Å². The first kappa shape index (κ1) is 28.0. The summed E-state index contributed by atoms with van der Waals surface area (Å²) in [5, 5.41) is 9.51. The zero-order valence-electron chi connectivity index (χ0n) is 24.6. The minimum absolute atomic E-state index is 0.0393. The van der Waals surface area contributed by atoms with Gasteiger partial charge < -0.3 is 19.3 Å². The van der Waals surface area contributed by atoms with Gasteiger partial charge in [0, 0.05) is 0 Å². The van der Waals surface area contributed by atoms with Crippen LogP contribution in [0, 0.1) is 11.8 Å². The molecular formula is C38H34O6. The van der Waals surface area contributed by atoms with E-state index in [1.807, 2.05) is 18.2 Å². The van der Waals surface area contributed by atoms with Gasteiger partial charge in [0.25, 0.3) is 0 Å². The van der Waals surface area contributed by atoms with E-state index in [1.165, 1.54) is 33.4 Å². The van der Waals surface area contributed by atoms with Gasteiger partial charge in [0.15, 0.2) is 0 Å². The van der Waals surface area contributed by atoms with Gasteiger partial charge >= 0.3 is 11.9 Å². The fourth-order valence-electron chi connectivity index (χ4n) is 7.25. The van der Waals surface area contributed by atoms with Crippen LogP contribution in [0.4, 0.5) is 0 Å². The third kappa shape index (κ3) is 4.39. The Hall–Kier alpha value is -4.84. The first-order chi connectivity index (χ1) is 21.5. The molecular weight excluding hydrogens is 552 g/mol. The molecule has 3 atom stereocenters. The Balaban J connectivity index is 1.21. The summed E-state index contributed by atoms with van der Waals surface area (Å²) in [4.78, 5) is 24.3. The zero-order chi connectivity index (χ0) is 30.3. The topological polar surface area (TPSA) is 82.1 Å². The van der Waals surface area contributed by atoms with E-state index in [-0.39, 0.29) is 13.2 Å². The molecule has 0 aliphatic heterocycles. The Morgan fingerprint density at radius 1 is 0.682 bits per heavy atom. The number of esters is 1. The summed E-state index contributed by atoms with van der Waals surface area (Å²) < 4.78 is 17.8. The highest BCUT2D eigenvalue weighted by molar-refractivity contribution is 5.95. The Morgan fingerprint density at radius 2 is 1.20 bits per heavy atom. The number of ether oxygens (including phenoxy) is 3. The van der Waals surface area contributed by atoms with Crippen molar-refractivity contribution in [3.05, 3.63) is 119 Å². The lowest BCUT2D eigenvalue weighted by molar-refractivity contribution is -0.158. The lowest BCUT2D eigenvalue weighted by Crippen LogP contribution is -2.33. The van der Waals surface area contributed by atoms with Crippen molar-refractivity contribution in [2.75, 3.05) is 19.8 Å². The van der Waals surface area contributed by atoms with Crippen LogP contribution >= 0.6 is 0 Å². The molecule has 0 bridgehead atoms. The van der Waals surface area contributed by atoms with Crippen LogP contribution < -0.4 is 9.47 Å². The van der Waals surface area contributed by atoms with Crippen molar-refractivity contribution in [3.8, 4) is 33.8 Å². The Bertz CT molecular complexity index is 1780. The fourth-order valence-corrected chi connectivity index (χ4v) is 7.25. The molecule has 6 nitrogen and oxygen atoms in total. The van der Waals surface area contributed by atoms with Crippen molar-refractivity contribution < 1.29 is 28.9 Å². The SMILES string of the molecule is CCCOc1ccc2c(c1)C1(c3ccccc3-2)c2ccccc2-c2ccc(OCCOC(=O)C3CC=CCC3C(=O)O)cc21. The minimum atomic E-state index is -0.972. The average molecular weight is 587 g/mol. The number of hydrogen-bond acceptors (Lipinski definition) is 5. The lowest BCUT2D eigenvalue weighted by atomic mass is 9.70. The molecule has 0 amide bonds. The first-order valence-corrected chi connectivity index (χ1v) is 15.3. The summed E-state index contributed by atoms with van der Waals surface area (Å²) in [7, 11) is 0. The number of rotatable bonds is 9. The summed E-state index contributed by atoms with van der Waals surface area (Å²) >= 11 is 0. The summed E-state index contributed by atoms with van der Waals surface area (Å²) in [5.41, 5.74) is 9.03. The van der Waals surface area contributed by atoms with Crippen LogP contribution in [-0.2, 0) is 19.7 Å². The van der Waals surface area contributed by atoms with Gasteiger partial charge in [0.2, 0.25) is 0 Å². The molecule has 7 rings (SSSR count). The van der Waals surface area contributed by atoms with Crippen LogP contribution in [0.2, 0.25) is 0 Å². The standard InChI is InChI=1S/C38H34O6/c1-2-19-42-24-15-17-28-26-9-5-7-13-32(26)38(34(28)22-24)33-14-8-6-10-27(33)29-18-16-25(23-35(29)38)43-20-21-44-37(41)31-12-4-3-11-30(31)36(39)40/h3-10,13-18,22-23,30-31H,2,11-12,19-21H2,1H3,(H,39,40). The molecule has 44 heavy (non-hydrogen) atoms. The van der Waals surface area contributed by atoms with Gasteiger partial charge in [-0.2, -0.15) is 0 Å². The number of carbonyl (C=O) groups excluding carboxylic acids is 1. The van der Waals surface area contributed by atoms with E-state index in [2.05, 4.69) is 85.8 Å². The molecule has 6 heteroatoms. The summed E-state index contributed by atoms with van der Waals surface area (Å²) in [5.74, 6) is -1.36. The maximum Gasteiger partial charge on any atom is 0.310 e. The van der Waals surface area contributed by atoms with E-state index in [0.29, 0.717) is 25.2 Å². The van der Waals surface area contributed by atoms with Crippen LogP contribution in [0.5, 0.6) is 11.5 Å². The molecule has 0 saturated carbocycles. The van der Waals surface area contributed by atoms with Gasteiger partial charge in [-0.15, -0.1) is 0 Å². The predicted octanol–water partition coefficient (Wildman–Crippen LogP) is 7.41. The van der Waals surface area contributed by atoms with Gasteiger partial charge in [0.05, 0.1) is 23.9 Å². The molecule has 1 spiro atoms. The number of aliphatic carboxylic acids is 1. The minimum Gasteiger partial charge on any atom is -0.494 e. The fraction of sp³-hybridized carbons (Fsp3) is 0.263. The number of hydrogen-bond donors (Lipinski definition) is 1. The van der Waals surface area contributed by atoms with E-state index >= 15 is 0 Å². The van der Waals surface area contributed by atoms with Gasteiger partial charge in [-0.1, -0.05) is 79.7 Å². The third-order valence-corrected chi connectivity index (χ3v) is 9.15. The van der Waals surface area contributed by atoms with Crippen molar-refractivity contribution in [2.24, 2.45) is 11.8 Å². The molecule has 0 fully saturated rings. The van der Waals surface area contributed by atoms with Gasteiger partial charge in [-0.3, -0.25) is 9.59 Å². The number of benzene rings is 4. The highest BCUT2D eigenvalue weighted by Gasteiger charge is 2.52. The quantitative estimate of drug-likeness (QED) is 0.108. The van der Waals surface area contributed by atoms with Gasteiger partial charge in [-0.05, 0) is 88.0 Å². The number of allylic oxidation sites excluding steroid dienone is 2. The molecule has 0 radical (unpaired) electrons. The number of carboxylic acid groups (broad SMARTS) is 1. The smallest absolute Gasteiger partial charge is 0.310 e. The van der Waals surface area contributed by atoms with Crippen molar-refractivity contribution in [1.82, 2.24) is 0 Å². The number of carbonyl (C=O) groups is 2. The van der Waals surface area contributed by atoms with Crippen LogP contribution in [0.25, 0.3) is 22.3 Å². The molecule has 4 aromatic carbocycles. The molecule has 4 aromatic rings. The molecule has 0 saturated heterocycles. The Labute approximate surface area is 256 Å². The largest absolute Gasteiger partial charge is 0.494 e. The van der Waals surface area contributed by atoms with E-state index in [4.69, 9.17) is 14.2 Å². The first-order valence-electron chi connectivity index (χ1n) is 15.3. The Morgan fingerprint density at radius 3 is 1.77 bits per heavy atom. The zero-order valence-corrected chi connectivity index (χ0v) is 24.6. The monoisotopic (exact) mass is 586 g/mol. The normalized spacial score (nSPS) is 20.4. The van der Waals surface area contributed by atoms with Crippen molar-refractivity contribution in [2.45, 2.75) is 31.6 Å². The molecule has 0 aromatic heterocycles. The molecule has 3 aliphatic rings. The summed E-state index contributed by atoms with van der Waals surface area (Å²) in [6, 6.07) is 29.9. The predicted molar refractivity (Wildman–Crippen MR) is 168 cm³/mol. The van der Waals surface area contributed by atoms with Crippen LogP contribution in [-0.4, -0.2) is 36.9 Å². The lowest BCUT2D eigenvalue weighted by Gasteiger charge is -2.30. The Kier molecular flexibility index (Phi) is 7.21. The second kappa shape index (κ2) is 11.3.